The molecule has 0 spiro atoms. The van der Waals surface area contributed by atoms with Gasteiger partial charge in [0.05, 0.1) is 11.0 Å². The summed E-state index contributed by atoms with van der Waals surface area (Å²) in [6, 6.07) is 9.27. The molecule has 8 heteroatoms. The van der Waals surface area contributed by atoms with Gasteiger partial charge in [-0.25, -0.2) is 9.78 Å². The number of aromatic nitrogens is 1. The number of rotatable bonds is 4. The van der Waals surface area contributed by atoms with Gasteiger partial charge in [-0.1, -0.05) is 6.07 Å². The second kappa shape index (κ2) is 7.41. The molecule has 1 unspecified atom stereocenters. The molecule has 1 saturated heterocycles. The lowest BCUT2D eigenvalue weighted by atomic mass is 10.2. The number of halogens is 1. The van der Waals surface area contributed by atoms with E-state index < -0.39 is 0 Å². The Labute approximate surface area is 159 Å². The van der Waals surface area contributed by atoms with E-state index in [-0.39, 0.29) is 18.9 Å². The van der Waals surface area contributed by atoms with E-state index >= 15 is 0 Å². The quantitative estimate of drug-likeness (QED) is 0.824. The molecule has 1 aromatic heterocycles. The van der Waals surface area contributed by atoms with Gasteiger partial charge in [0.2, 0.25) is 12.7 Å². The highest BCUT2D eigenvalue weighted by molar-refractivity contribution is 9.10. The number of carbonyl (C=O) groups is 1. The minimum atomic E-state index is -0.103. The zero-order chi connectivity index (χ0) is 17.9. The minimum absolute atomic E-state index is 0.0579. The molecule has 0 aliphatic carbocycles. The van der Waals surface area contributed by atoms with Crippen molar-refractivity contribution in [3.05, 3.63) is 46.6 Å². The van der Waals surface area contributed by atoms with Crippen LogP contribution in [0, 0.1) is 0 Å². The monoisotopic (exact) mass is 419 g/mol. The van der Waals surface area contributed by atoms with Crippen molar-refractivity contribution < 1.29 is 19.0 Å². The van der Waals surface area contributed by atoms with Crippen LogP contribution in [0.1, 0.15) is 12.0 Å². The van der Waals surface area contributed by atoms with Crippen LogP contribution in [0.2, 0.25) is 0 Å². The van der Waals surface area contributed by atoms with Gasteiger partial charge in [-0.3, -0.25) is 0 Å². The first-order valence-electron chi connectivity index (χ1n) is 8.37. The Bertz CT molecular complexity index is 817. The van der Waals surface area contributed by atoms with E-state index in [9.17, 15) is 4.79 Å². The fraction of sp³-hybridized carbons (Fsp3) is 0.333. The Morgan fingerprint density at radius 1 is 1.35 bits per heavy atom. The molecule has 1 aromatic carbocycles. The molecule has 7 nitrogen and oxygen atoms in total. The summed E-state index contributed by atoms with van der Waals surface area (Å²) in [4.78, 5) is 18.4. The molecule has 1 N–H and O–H groups in total. The Morgan fingerprint density at radius 2 is 2.23 bits per heavy atom. The average Bonchev–Trinajstić information content (AvgIpc) is 3.30. The first-order valence-corrected chi connectivity index (χ1v) is 9.17. The van der Waals surface area contributed by atoms with Gasteiger partial charge < -0.3 is 24.4 Å². The van der Waals surface area contributed by atoms with Crippen LogP contribution in [0.15, 0.2) is 41.0 Å². The second-order valence-corrected chi connectivity index (χ2v) is 6.97. The summed E-state index contributed by atoms with van der Waals surface area (Å²) in [5, 5.41) is 2.94. The molecule has 4 rings (SSSR count). The molecule has 0 saturated carbocycles. The molecule has 2 aromatic rings. The van der Waals surface area contributed by atoms with E-state index in [1.807, 2.05) is 30.3 Å². The van der Waals surface area contributed by atoms with Gasteiger partial charge in [-0.2, -0.15) is 0 Å². The number of fused-ring (bicyclic) bond motifs is 1. The van der Waals surface area contributed by atoms with Crippen molar-refractivity contribution in [2.75, 3.05) is 19.9 Å². The third-order valence-electron chi connectivity index (χ3n) is 4.32. The maximum absolute atomic E-state index is 12.4. The molecule has 26 heavy (non-hydrogen) atoms. The van der Waals surface area contributed by atoms with Crippen molar-refractivity contribution in [2.45, 2.75) is 19.1 Å². The normalized spacial score (nSPS) is 18.0. The summed E-state index contributed by atoms with van der Waals surface area (Å²) in [7, 11) is 0. The minimum Gasteiger partial charge on any atom is -0.472 e. The smallest absolute Gasteiger partial charge is 0.317 e. The zero-order valence-electron chi connectivity index (χ0n) is 14.0. The summed E-state index contributed by atoms with van der Waals surface area (Å²) in [5.74, 6) is 2.01. The molecule has 2 aliphatic rings. The van der Waals surface area contributed by atoms with Crippen LogP contribution in [-0.4, -0.2) is 41.9 Å². The predicted octanol–water partition coefficient (Wildman–Crippen LogP) is 2.94. The van der Waals surface area contributed by atoms with E-state index in [1.165, 1.54) is 0 Å². The highest BCUT2D eigenvalue weighted by Gasteiger charge is 2.28. The van der Waals surface area contributed by atoms with Gasteiger partial charge in [0.1, 0.15) is 6.10 Å². The molecule has 1 fully saturated rings. The SMILES string of the molecule is O=C(NCc1ccc2c(c1)OCO2)N1CCC(Oc2ncccc2Br)C1. The van der Waals surface area contributed by atoms with Gasteiger partial charge in [0.15, 0.2) is 11.5 Å². The molecule has 0 radical (unpaired) electrons. The van der Waals surface area contributed by atoms with Gasteiger partial charge in [0.25, 0.3) is 0 Å². The lowest BCUT2D eigenvalue weighted by Crippen LogP contribution is -2.39. The molecule has 136 valence electrons. The van der Waals surface area contributed by atoms with Crippen LogP contribution in [0.4, 0.5) is 4.79 Å². The molecule has 1 atom stereocenters. The maximum atomic E-state index is 12.4. The largest absolute Gasteiger partial charge is 0.472 e. The molecular formula is C18H18BrN3O4. The van der Waals surface area contributed by atoms with Crippen molar-refractivity contribution in [3.8, 4) is 17.4 Å². The Hall–Kier alpha value is -2.48. The number of hydrogen-bond donors (Lipinski definition) is 1. The topological polar surface area (TPSA) is 72.9 Å². The van der Waals surface area contributed by atoms with Crippen molar-refractivity contribution in [1.82, 2.24) is 15.2 Å². The lowest BCUT2D eigenvalue weighted by molar-refractivity contribution is 0.174. The van der Waals surface area contributed by atoms with Crippen molar-refractivity contribution >= 4 is 22.0 Å². The van der Waals surface area contributed by atoms with E-state index in [0.717, 1.165) is 22.2 Å². The number of nitrogens with one attached hydrogen (secondary N) is 1. The Morgan fingerprint density at radius 3 is 3.12 bits per heavy atom. The van der Waals surface area contributed by atoms with Crippen molar-refractivity contribution in [2.24, 2.45) is 0 Å². The number of benzene rings is 1. The van der Waals surface area contributed by atoms with Crippen LogP contribution >= 0.6 is 15.9 Å². The van der Waals surface area contributed by atoms with Gasteiger partial charge >= 0.3 is 6.03 Å². The van der Waals surface area contributed by atoms with E-state index in [2.05, 4.69) is 26.2 Å². The summed E-state index contributed by atoms with van der Waals surface area (Å²) in [6.07, 6.45) is 2.41. The predicted molar refractivity (Wildman–Crippen MR) is 97.3 cm³/mol. The van der Waals surface area contributed by atoms with E-state index in [0.29, 0.717) is 31.3 Å². The number of hydrogen-bond acceptors (Lipinski definition) is 5. The molecule has 0 bridgehead atoms. The highest BCUT2D eigenvalue weighted by atomic mass is 79.9. The van der Waals surface area contributed by atoms with Gasteiger partial charge in [-0.15, -0.1) is 0 Å². The Kier molecular flexibility index (Phi) is 4.83. The number of likely N-dealkylation sites (tertiary alicyclic amines) is 1. The lowest BCUT2D eigenvalue weighted by Gasteiger charge is -2.18. The number of nitrogens with zero attached hydrogens (tertiary/aromatic N) is 2. The number of urea groups is 1. The fourth-order valence-electron chi connectivity index (χ4n) is 2.97. The van der Waals surface area contributed by atoms with Crippen LogP contribution in [0.5, 0.6) is 17.4 Å². The summed E-state index contributed by atoms with van der Waals surface area (Å²) in [5.41, 5.74) is 0.965. The number of pyridine rings is 1. The fourth-order valence-corrected chi connectivity index (χ4v) is 3.31. The van der Waals surface area contributed by atoms with Crippen molar-refractivity contribution in [1.29, 1.82) is 0 Å². The van der Waals surface area contributed by atoms with Crippen LogP contribution in [0.25, 0.3) is 0 Å². The van der Waals surface area contributed by atoms with Crippen LogP contribution < -0.4 is 19.5 Å². The summed E-state index contributed by atoms with van der Waals surface area (Å²) < 4.78 is 17.3. The third-order valence-corrected chi connectivity index (χ3v) is 4.92. The van der Waals surface area contributed by atoms with Gasteiger partial charge in [-0.05, 0) is 45.8 Å². The second-order valence-electron chi connectivity index (χ2n) is 6.11. The van der Waals surface area contributed by atoms with Crippen LogP contribution in [0.3, 0.4) is 0 Å². The number of amides is 2. The number of carbonyl (C=O) groups excluding carboxylic acids is 1. The van der Waals surface area contributed by atoms with E-state index in [4.69, 9.17) is 14.2 Å². The molecular weight excluding hydrogens is 402 g/mol. The molecule has 2 aliphatic heterocycles. The summed E-state index contributed by atoms with van der Waals surface area (Å²) >= 11 is 3.42. The van der Waals surface area contributed by atoms with Crippen molar-refractivity contribution in [3.63, 3.8) is 0 Å². The molecule has 2 amide bonds. The first kappa shape index (κ1) is 17.0. The molecule has 3 heterocycles. The zero-order valence-corrected chi connectivity index (χ0v) is 15.6. The highest BCUT2D eigenvalue weighted by Crippen LogP contribution is 2.32. The Balaban J connectivity index is 1.28. The van der Waals surface area contributed by atoms with E-state index in [1.54, 1.807) is 11.1 Å². The van der Waals surface area contributed by atoms with Gasteiger partial charge in [0, 0.05) is 25.7 Å². The summed E-state index contributed by atoms with van der Waals surface area (Å²) in [6.45, 7) is 1.87. The maximum Gasteiger partial charge on any atom is 0.317 e. The first-order chi connectivity index (χ1) is 12.7. The number of ether oxygens (including phenoxy) is 3. The average molecular weight is 420 g/mol. The van der Waals surface area contributed by atoms with Crippen LogP contribution in [-0.2, 0) is 6.54 Å². The standard InChI is InChI=1S/C18H18BrN3O4/c19-14-2-1-6-20-17(14)26-13-5-7-22(10-13)18(23)21-9-12-3-4-15-16(8-12)25-11-24-15/h1-4,6,8,13H,5,7,9-11H2,(H,21,23). The third kappa shape index (κ3) is 3.70.